The van der Waals surface area contributed by atoms with Gasteiger partial charge in [0, 0.05) is 18.7 Å². The Balaban J connectivity index is 2.20. The molecule has 0 atom stereocenters. The van der Waals surface area contributed by atoms with Crippen molar-refractivity contribution < 1.29 is 4.79 Å². The van der Waals surface area contributed by atoms with E-state index in [2.05, 4.69) is 6.58 Å². The average molecular weight is 187 g/mol. The number of carbonyl (C=O) groups excluding carboxylic acids is 1. The Morgan fingerprint density at radius 1 is 1.21 bits per heavy atom. The van der Waals surface area contributed by atoms with Gasteiger partial charge in [0.15, 0.2) is 0 Å². The molecular weight excluding hydrogens is 174 g/mol. The van der Waals surface area contributed by atoms with Gasteiger partial charge in [-0.2, -0.15) is 0 Å². The molecule has 72 valence electrons. The Kier molecular flexibility index (Phi) is 2.35. The summed E-state index contributed by atoms with van der Waals surface area (Å²) in [5.41, 5.74) is 2.03. The summed E-state index contributed by atoms with van der Waals surface area (Å²) in [7, 11) is 0. The molecule has 0 spiro atoms. The number of amides is 1. The van der Waals surface area contributed by atoms with Gasteiger partial charge < -0.3 is 4.90 Å². The molecule has 1 aliphatic heterocycles. The fourth-order valence-corrected chi connectivity index (χ4v) is 1.67. The molecule has 1 aliphatic rings. The van der Waals surface area contributed by atoms with E-state index < -0.39 is 0 Å². The summed E-state index contributed by atoms with van der Waals surface area (Å²) in [6.07, 6.45) is 1.41. The summed E-state index contributed by atoms with van der Waals surface area (Å²) in [5.74, 6) is 0.160. The van der Waals surface area contributed by atoms with Crippen molar-refractivity contribution in [2.24, 2.45) is 0 Å². The van der Waals surface area contributed by atoms with Crippen LogP contribution in [0.1, 0.15) is 12.8 Å². The largest absolute Gasteiger partial charge is 0.312 e. The normalized spacial score (nSPS) is 17.3. The van der Waals surface area contributed by atoms with Gasteiger partial charge in [0.05, 0.1) is 0 Å². The van der Waals surface area contributed by atoms with Crippen LogP contribution >= 0.6 is 0 Å². The zero-order chi connectivity index (χ0) is 9.97. The highest BCUT2D eigenvalue weighted by atomic mass is 16.2. The first-order chi connectivity index (χ1) is 6.77. The zero-order valence-corrected chi connectivity index (χ0v) is 8.07. The van der Waals surface area contributed by atoms with E-state index in [9.17, 15) is 4.79 Å². The van der Waals surface area contributed by atoms with Gasteiger partial charge in [-0.15, -0.1) is 0 Å². The van der Waals surface area contributed by atoms with E-state index in [1.165, 1.54) is 0 Å². The van der Waals surface area contributed by atoms with E-state index in [4.69, 9.17) is 0 Å². The summed E-state index contributed by atoms with van der Waals surface area (Å²) in [6, 6.07) is 9.78. The highest BCUT2D eigenvalue weighted by molar-refractivity contribution is 5.95. The molecule has 0 aliphatic carbocycles. The molecule has 14 heavy (non-hydrogen) atoms. The van der Waals surface area contributed by atoms with Gasteiger partial charge in [-0.05, 0) is 18.6 Å². The molecule has 1 aromatic rings. The van der Waals surface area contributed by atoms with Gasteiger partial charge in [-0.1, -0.05) is 30.4 Å². The van der Waals surface area contributed by atoms with Crippen molar-refractivity contribution in [3.05, 3.63) is 42.5 Å². The maximum absolute atomic E-state index is 11.7. The van der Waals surface area contributed by atoms with Crippen molar-refractivity contribution in [1.29, 1.82) is 0 Å². The van der Waals surface area contributed by atoms with Crippen molar-refractivity contribution in [1.82, 2.24) is 0 Å². The SMILES string of the molecule is C=C1CCN(c2ccccc2)C(=O)C1. The summed E-state index contributed by atoms with van der Waals surface area (Å²) in [4.78, 5) is 13.5. The molecule has 0 unspecified atom stereocenters. The van der Waals surface area contributed by atoms with Gasteiger partial charge >= 0.3 is 0 Å². The lowest BCUT2D eigenvalue weighted by Gasteiger charge is -2.27. The average Bonchev–Trinajstić information content (AvgIpc) is 2.19. The summed E-state index contributed by atoms with van der Waals surface area (Å²) in [6.45, 7) is 4.61. The Morgan fingerprint density at radius 3 is 2.57 bits per heavy atom. The number of carbonyl (C=O) groups is 1. The van der Waals surface area contributed by atoms with Gasteiger partial charge in [0.1, 0.15) is 0 Å². The zero-order valence-electron chi connectivity index (χ0n) is 8.07. The third kappa shape index (κ3) is 1.69. The molecule has 0 bridgehead atoms. The minimum atomic E-state index is 0.160. The summed E-state index contributed by atoms with van der Waals surface area (Å²) < 4.78 is 0. The van der Waals surface area contributed by atoms with Crippen molar-refractivity contribution >= 4 is 11.6 Å². The number of piperidine rings is 1. The molecule has 1 saturated heterocycles. The van der Waals surface area contributed by atoms with E-state index in [1.807, 2.05) is 35.2 Å². The first-order valence-corrected chi connectivity index (χ1v) is 4.79. The quantitative estimate of drug-likeness (QED) is 0.618. The third-order valence-corrected chi connectivity index (χ3v) is 2.46. The van der Waals surface area contributed by atoms with Gasteiger partial charge in [-0.25, -0.2) is 0 Å². The van der Waals surface area contributed by atoms with Crippen LogP contribution in [0.3, 0.4) is 0 Å². The van der Waals surface area contributed by atoms with Crippen LogP contribution in [0.4, 0.5) is 5.69 Å². The predicted molar refractivity (Wildman–Crippen MR) is 57.2 cm³/mol. The second-order valence-corrected chi connectivity index (χ2v) is 3.56. The molecule has 2 rings (SSSR count). The van der Waals surface area contributed by atoms with Gasteiger partial charge in [0.2, 0.25) is 5.91 Å². The van der Waals surface area contributed by atoms with E-state index in [-0.39, 0.29) is 5.91 Å². The number of rotatable bonds is 1. The number of benzene rings is 1. The standard InChI is InChI=1S/C12H13NO/c1-10-7-8-13(12(14)9-10)11-5-3-2-4-6-11/h2-6H,1,7-9H2. The van der Waals surface area contributed by atoms with Crippen molar-refractivity contribution in [2.75, 3.05) is 11.4 Å². The third-order valence-electron chi connectivity index (χ3n) is 2.46. The van der Waals surface area contributed by atoms with Crippen LogP contribution in [0.2, 0.25) is 0 Å². The van der Waals surface area contributed by atoms with Crippen molar-refractivity contribution in [3.63, 3.8) is 0 Å². The molecule has 2 heteroatoms. The molecule has 1 aromatic carbocycles. The van der Waals surface area contributed by atoms with Crippen molar-refractivity contribution in [2.45, 2.75) is 12.8 Å². The monoisotopic (exact) mass is 187 g/mol. The van der Waals surface area contributed by atoms with Crippen LogP contribution in [0.15, 0.2) is 42.5 Å². The number of anilines is 1. The number of hydrogen-bond acceptors (Lipinski definition) is 1. The number of hydrogen-bond donors (Lipinski definition) is 0. The smallest absolute Gasteiger partial charge is 0.231 e. The maximum atomic E-state index is 11.7. The molecule has 0 saturated carbocycles. The first-order valence-electron chi connectivity index (χ1n) is 4.79. The topological polar surface area (TPSA) is 20.3 Å². The highest BCUT2D eigenvalue weighted by Gasteiger charge is 2.20. The van der Waals surface area contributed by atoms with E-state index in [1.54, 1.807) is 0 Å². The molecule has 0 N–H and O–H groups in total. The molecule has 0 aromatic heterocycles. The second-order valence-electron chi connectivity index (χ2n) is 3.56. The lowest BCUT2D eigenvalue weighted by molar-refractivity contribution is -0.118. The predicted octanol–water partition coefficient (Wildman–Crippen LogP) is 2.37. The molecule has 1 amide bonds. The molecule has 1 heterocycles. The Morgan fingerprint density at radius 2 is 1.93 bits per heavy atom. The minimum absolute atomic E-state index is 0.160. The molecule has 2 nitrogen and oxygen atoms in total. The van der Waals surface area contributed by atoms with Crippen LogP contribution < -0.4 is 4.90 Å². The summed E-state index contributed by atoms with van der Waals surface area (Å²) >= 11 is 0. The number of nitrogens with zero attached hydrogens (tertiary/aromatic N) is 1. The Labute approximate surface area is 83.8 Å². The minimum Gasteiger partial charge on any atom is -0.312 e. The number of para-hydroxylation sites is 1. The molecular formula is C12H13NO. The lowest BCUT2D eigenvalue weighted by Crippen LogP contribution is -2.35. The van der Waals surface area contributed by atoms with E-state index in [0.29, 0.717) is 6.42 Å². The van der Waals surface area contributed by atoms with Crippen LogP contribution in [0.25, 0.3) is 0 Å². The fraction of sp³-hybridized carbons (Fsp3) is 0.250. The van der Waals surface area contributed by atoms with Gasteiger partial charge in [-0.3, -0.25) is 4.79 Å². The summed E-state index contributed by atoms with van der Waals surface area (Å²) in [5, 5.41) is 0. The van der Waals surface area contributed by atoms with E-state index >= 15 is 0 Å². The van der Waals surface area contributed by atoms with Crippen LogP contribution in [-0.2, 0) is 4.79 Å². The highest BCUT2D eigenvalue weighted by Crippen LogP contribution is 2.22. The van der Waals surface area contributed by atoms with Crippen LogP contribution in [0, 0.1) is 0 Å². The second kappa shape index (κ2) is 3.66. The molecule has 1 fully saturated rings. The van der Waals surface area contributed by atoms with Crippen LogP contribution in [-0.4, -0.2) is 12.5 Å². The molecule has 0 radical (unpaired) electrons. The van der Waals surface area contributed by atoms with E-state index in [0.717, 1.165) is 24.2 Å². The van der Waals surface area contributed by atoms with Gasteiger partial charge in [0.25, 0.3) is 0 Å². The Hall–Kier alpha value is -1.57. The van der Waals surface area contributed by atoms with Crippen molar-refractivity contribution in [3.8, 4) is 0 Å². The lowest BCUT2D eigenvalue weighted by atomic mass is 10.0. The van der Waals surface area contributed by atoms with Crippen LogP contribution in [0.5, 0.6) is 0 Å². The first kappa shape index (κ1) is 9.00. The fourth-order valence-electron chi connectivity index (χ4n) is 1.67. The Bertz CT molecular complexity index is 356. The maximum Gasteiger partial charge on any atom is 0.231 e.